The Morgan fingerprint density at radius 3 is 2.94 bits per heavy atom. The van der Waals surface area contributed by atoms with Gasteiger partial charge >= 0.3 is 0 Å². The highest BCUT2D eigenvalue weighted by Crippen LogP contribution is 2.22. The number of morpholine rings is 1. The molecule has 0 bridgehead atoms. The lowest BCUT2D eigenvalue weighted by Gasteiger charge is -2.26. The highest BCUT2D eigenvalue weighted by molar-refractivity contribution is 5.98. The second-order valence-electron chi connectivity index (χ2n) is 7.95. The number of aryl methyl sites for hydroxylation is 2. The van der Waals surface area contributed by atoms with E-state index < -0.39 is 0 Å². The van der Waals surface area contributed by atoms with Crippen LogP contribution in [0, 0.1) is 0 Å². The number of nitrogens with zero attached hydrogens (tertiary/aromatic N) is 5. The molecule has 1 fully saturated rings. The first-order chi connectivity index (χ1) is 16.0. The number of aromatic nitrogens is 4. The zero-order chi connectivity index (χ0) is 22.9. The lowest BCUT2D eigenvalue weighted by atomic mass is 10.2. The van der Waals surface area contributed by atoms with Gasteiger partial charge in [0.15, 0.2) is 0 Å². The second kappa shape index (κ2) is 8.64. The molecular weight excluding hydrogens is 424 g/mol. The normalized spacial score (nSPS) is 15.2. The molecule has 0 unspecified atom stereocenters. The van der Waals surface area contributed by atoms with Gasteiger partial charge in [-0.15, -0.1) is 0 Å². The van der Waals surface area contributed by atoms with Crippen LogP contribution in [0.3, 0.4) is 0 Å². The van der Waals surface area contributed by atoms with Crippen LogP contribution in [0.4, 0.5) is 5.69 Å². The molecule has 0 aliphatic carbocycles. The SMILES string of the molecule is Cn1cnc2ccc(C(=O)/N=c3\[nH]c4cc(N5CCOCC5=O)ccc4n3CCCO)cc21. The third-order valence-corrected chi connectivity index (χ3v) is 5.79. The zero-order valence-electron chi connectivity index (χ0n) is 18.2. The summed E-state index contributed by atoms with van der Waals surface area (Å²) in [6.45, 7) is 1.54. The minimum Gasteiger partial charge on any atom is -0.396 e. The molecule has 1 aliphatic rings. The van der Waals surface area contributed by atoms with Crippen LogP contribution in [0.5, 0.6) is 0 Å². The summed E-state index contributed by atoms with van der Waals surface area (Å²) in [7, 11) is 1.87. The number of hydrogen-bond donors (Lipinski definition) is 2. The summed E-state index contributed by atoms with van der Waals surface area (Å²) in [6, 6.07) is 10.9. The van der Waals surface area contributed by atoms with E-state index in [1.54, 1.807) is 29.4 Å². The Labute approximate surface area is 188 Å². The molecule has 0 radical (unpaired) electrons. The summed E-state index contributed by atoms with van der Waals surface area (Å²) >= 11 is 0. The first-order valence-corrected chi connectivity index (χ1v) is 10.8. The number of hydrogen-bond acceptors (Lipinski definition) is 5. The van der Waals surface area contributed by atoms with E-state index in [1.165, 1.54) is 0 Å². The topological polar surface area (TPSA) is 118 Å². The van der Waals surface area contributed by atoms with Crippen molar-refractivity contribution in [2.24, 2.45) is 12.0 Å². The molecule has 10 heteroatoms. The monoisotopic (exact) mass is 448 g/mol. The van der Waals surface area contributed by atoms with Crippen molar-refractivity contribution in [2.75, 3.05) is 31.3 Å². The van der Waals surface area contributed by atoms with Crippen LogP contribution in [0.25, 0.3) is 22.1 Å². The van der Waals surface area contributed by atoms with E-state index in [2.05, 4.69) is 15.0 Å². The fourth-order valence-electron chi connectivity index (χ4n) is 4.08. The zero-order valence-corrected chi connectivity index (χ0v) is 18.2. The van der Waals surface area contributed by atoms with Gasteiger partial charge in [0.05, 0.1) is 35.0 Å². The number of carbonyl (C=O) groups excluding carboxylic acids is 2. The number of anilines is 1. The molecule has 170 valence electrons. The van der Waals surface area contributed by atoms with Gasteiger partial charge in [-0.2, -0.15) is 4.99 Å². The molecule has 2 aromatic heterocycles. The van der Waals surface area contributed by atoms with Gasteiger partial charge in [-0.3, -0.25) is 9.59 Å². The molecular formula is C23H24N6O4. The fourth-order valence-corrected chi connectivity index (χ4v) is 4.08. The number of aromatic amines is 1. The van der Waals surface area contributed by atoms with Crippen LogP contribution in [0.2, 0.25) is 0 Å². The summed E-state index contributed by atoms with van der Waals surface area (Å²) in [5, 5.41) is 9.35. The molecule has 2 N–H and O–H groups in total. The van der Waals surface area contributed by atoms with Gasteiger partial charge < -0.3 is 28.9 Å². The quantitative estimate of drug-likeness (QED) is 0.478. The number of imidazole rings is 2. The van der Waals surface area contributed by atoms with Gasteiger partial charge in [0.1, 0.15) is 6.61 Å². The third-order valence-electron chi connectivity index (χ3n) is 5.79. The summed E-state index contributed by atoms with van der Waals surface area (Å²) in [4.78, 5) is 38.8. The number of nitrogens with one attached hydrogen (secondary N) is 1. The predicted molar refractivity (Wildman–Crippen MR) is 122 cm³/mol. The average Bonchev–Trinajstić information content (AvgIpc) is 3.36. The Hall–Kier alpha value is -3.76. The molecule has 2 aromatic carbocycles. The lowest BCUT2D eigenvalue weighted by Crippen LogP contribution is -2.41. The molecule has 2 amide bonds. The first-order valence-electron chi connectivity index (χ1n) is 10.8. The van der Waals surface area contributed by atoms with Gasteiger partial charge in [-0.05, 0) is 42.8 Å². The van der Waals surface area contributed by atoms with Gasteiger partial charge in [-0.25, -0.2) is 4.98 Å². The summed E-state index contributed by atoms with van der Waals surface area (Å²) in [5.74, 6) is -0.475. The summed E-state index contributed by atoms with van der Waals surface area (Å²) in [6.07, 6.45) is 2.21. The fraction of sp³-hybridized carbons (Fsp3) is 0.304. The molecule has 4 aromatic rings. The van der Waals surface area contributed by atoms with E-state index in [-0.39, 0.29) is 25.0 Å². The van der Waals surface area contributed by atoms with E-state index in [4.69, 9.17) is 4.74 Å². The molecule has 1 aliphatic heterocycles. The van der Waals surface area contributed by atoms with Crippen molar-refractivity contribution in [3.05, 3.63) is 53.9 Å². The van der Waals surface area contributed by atoms with E-state index >= 15 is 0 Å². The smallest absolute Gasteiger partial charge is 0.280 e. The minimum atomic E-state index is -0.383. The minimum absolute atomic E-state index is 0.0184. The number of benzene rings is 2. The molecule has 5 rings (SSSR count). The number of H-pyrrole nitrogens is 1. The maximum Gasteiger partial charge on any atom is 0.280 e. The van der Waals surface area contributed by atoms with Crippen molar-refractivity contribution >= 4 is 39.6 Å². The second-order valence-corrected chi connectivity index (χ2v) is 7.95. The van der Waals surface area contributed by atoms with Crippen LogP contribution in [0.15, 0.2) is 47.7 Å². The van der Waals surface area contributed by atoms with Crippen LogP contribution in [0.1, 0.15) is 16.8 Å². The molecule has 3 heterocycles. The summed E-state index contributed by atoms with van der Waals surface area (Å²) in [5.41, 5.74) is 4.84. The maximum atomic E-state index is 13.0. The van der Waals surface area contributed by atoms with Crippen molar-refractivity contribution in [1.82, 2.24) is 19.1 Å². The van der Waals surface area contributed by atoms with Gasteiger partial charge in [0.25, 0.3) is 11.8 Å². The third kappa shape index (κ3) is 3.94. The van der Waals surface area contributed by atoms with Gasteiger partial charge in [0.2, 0.25) is 5.62 Å². The molecule has 0 atom stereocenters. The largest absolute Gasteiger partial charge is 0.396 e. The number of aliphatic hydroxyl groups is 1. The van der Waals surface area contributed by atoms with E-state index in [0.29, 0.717) is 37.3 Å². The Kier molecular flexibility index (Phi) is 5.53. The van der Waals surface area contributed by atoms with Crippen molar-refractivity contribution < 1.29 is 19.4 Å². The average molecular weight is 448 g/mol. The standard InChI is InChI=1S/C23H24N6O4/c1-27-14-24-17-5-3-15(11-20(17)27)22(32)26-23-25-18-12-16(28-8-10-33-13-21(28)31)4-6-19(18)29(23)7-2-9-30/h3-6,11-12,14,30H,2,7-10,13H2,1H3,(H,25,26,32). The molecule has 10 nitrogen and oxygen atoms in total. The van der Waals surface area contributed by atoms with Gasteiger partial charge in [0, 0.05) is 38.0 Å². The van der Waals surface area contributed by atoms with E-state index in [9.17, 15) is 14.7 Å². The van der Waals surface area contributed by atoms with Crippen molar-refractivity contribution in [3.8, 4) is 0 Å². The number of ether oxygens (including phenoxy) is 1. The number of fused-ring (bicyclic) bond motifs is 2. The van der Waals surface area contributed by atoms with Crippen LogP contribution in [-0.4, -0.2) is 62.4 Å². The van der Waals surface area contributed by atoms with Crippen LogP contribution < -0.4 is 10.5 Å². The maximum absolute atomic E-state index is 13.0. The van der Waals surface area contributed by atoms with E-state index in [1.807, 2.05) is 34.4 Å². The predicted octanol–water partition coefficient (Wildman–Crippen LogP) is 1.34. The van der Waals surface area contributed by atoms with Crippen molar-refractivity contribution in [2.45, 2.75) is 13.0 Å². The Bertz CT molecular complexity index is 1430. The lowest BCUT2D eigenvalue weighted by molar-refractivity contribution is -0.125. The highest BCUT2D eigenvalue weighted by atomic mass is 16.5. The number of amides is 2. The number of rotatable bonds is 5. The highest BCUT2D eigenvalue weighted by Gasteiger charge is 2.21. The Morgan fingerprint density at radius 2 is 2.12 bits per heavy atom. The van der Waals surface area contributed by atoms with Crippen molar-refractivity contribution in [1.29, 1.82) is 0 Å². The number of aliphatic hydroxyl groups excluding tert-OH is 1. The first kappa shape index (κ1) is 21.1. The Morgan fingerprint density at radius 1 is 1.24 bits per heavy atom. The summed E-state index contributed by atoms with van der Waals surface area (Å²) < 4.78 is 8.94. The molecule has 0 saturated carbocycles. The van der Waals surface area contributed by atoms with Gasteiger partial charge in [-0.1, -0.05) is 0 Å². The van der Waals surface area contributed by atoms with Crippen molar-refractivity contribution in [3.63, 3.8) is 0 Å². The van der Waals surface area contributed by atoms with Crippen LogP contribution >= 0.6 is 0 Å². The molecule has 1 saturated heterocycles. The Balaban J connectivity index is 1.57. The molecule has 33 heavy (non-hydrogen) atoms. The van der Waals surface area contributed by atoms with Crippen LogP contribution in [-0.2, 0) is 23.1 Å². The number of carbonyl (C=O) groups is 2. The van der Waals surface area contributed by atoms with E-state index in [0.717, 1.165) is 27.8 Å². The molecule has 0 spiro atoms.